The number of anilines is 3. The van der Waals surface area contributed by atoms with Gasteiger partial charge >= 0.3 is 0 Å². The molecule has 0 bridgehead atoms. The van der Waals surface area contributed by atoms with E-state index in [9.17, 15) is 19.2 Å². The summed E-state index contributed by atoms with van der Waals surface area (Å²) in [6, 6.07) is 28.4. The zero-order valence-corrected chi connectivity index (χ0v) is 24.0. The predicted molar refractivity (Wildman–Crippen MR) is 167 cm³/mol. The van der Waals surface area contributed by atoms with Crippen molar-refractivity contribution in [3.05, 3.63) is 109 Å². The second kappa shape index (κ2) is 14.4. The number of para-hydroxylation sites is 2. The van der Waals surface area contributed by atoms with Crippen LogP contribution in [0.2, 0.25) is 0 Å². The van der Waals surface area contributed by atoms with Gasteiger partial charge in [-0.05, 0) is 86.0 Å². The smallest absolute Gasteiger partial charge is 0.258 e. The highest BCUT2D eigenvalue weighted by atomic mass is 16.2. The molecule has 4 aromatic rings. The molecule has 2 unspecified atom stereocenters. The highest BCUT2D eigenvalue weighted by Crippen LogP contribution is 2.28. The molecular formula is C33H32N6O4. The third kappa shape index (κ3) is 8.51. The summed E-state index contributed by atoms with van der Waals surface area (Å²) in [5, 5.41) is 13.7. The highest BCUT2D eigenvalue weighted by molar-refractivity contribution is 6.10. The first-order valence-corrected chi connectivity index (χ1v) is 13.6. The summed E-state index contributed by atoms with van der Waals surface area (Å²) in [5.41, 5.74) is 10.7. The van der Waals surface area contributed by atoms with Crippen LogP contribution in [0.4, 0.5) is 22.7 Å². The summed E-state index contributed by atoms with van der Waals surface area (Å²) < 4.78 is 0. The number of hydrogen-bond donors (Lipinski definition) is 4. The van der Waals surface area contributed by atoms with Gasteiger partial charge in [-0.1, -0.05) is 54.6 Å². The summed E-state index contributed by atoms with van der Waals surface area (Å²) >= 11 is 0. The minimum atomic E-state index is -1.26. The number of ketones is 2. The maximum absolute atomic E-state index is 12.6. The lowest BCUT2D eigenvalue weighted by atomic mass is 10.0. The molecule has 4 N–H and O–H groups in total. The largest absolute Gasteiger partial charge is 0.324 e. The lowest BCUT2D eigenvalue weighted by Gasteiger charge is -2.17. The van der Waals surface area contributed by atoms with E-state index >= 15 is 0 Å². The van der Waals surface area contributed by atoms with Crippen LogP contribution in [0.1, 0.15) is 19.4 Å². The van der Waals surface area contributed by atoms with Crippen molar-refractivity contribution in [3.63, 3.8) is 0 Å². The van der Waals surface area contributed by atoms with Gasteiger partial charge in [0, 0.05) is 17.1 Å². The molecule has 0 radical (unpaired) electrons. The van der Waals surface area contributed by atoms with E-state index in [1.807, 2.05) is 55.5 Å². The van der Waals surface area contributed by atoms with Crippen molar-refractivity contribution >= 4 is 46.1 Å². The van der Waals surface area contributed by atoms with Crippen molar-refractivity contribution in [1.82, 2.24) is 5.43 Å². The second-order valence-electron chi connectivity index (χ2n) is 9.83. The lowest BCUT2D eigenvalue weighted by Crippen LogP contribution is -2.48. The van der Waals surface area contributed by atoms with E-state index in [4.69, 9.17) is 0 Å². The van der Waals surface area contributed by atoms with Crippen LogP contribution in [0, 0.1) is 6.92 Å². The number of carbonyl (C=O) groups excluding carboxylic acids is 4. The summed E-state index contributed by atoms with van der Waals surface area (Å²) in [5.74, 6) is -1.77. The van der Waals surface area contributed by atoms with Gasteiger partial charge in [-0.15, -0.1) is 0 Å². The maximum atomic E-state index is 12.6. The van der Waals surface area contributed by atoms with Gasteiger partial charge < -0.3 is 16.1 Å². The Labute approximate surface area is 249 Å². The van der Waals surface area contributed by atoms with Crippen LogP contribution in [0.15, 0.2) is 113 Å². The number of amides is 2. The van der Waals surface area contributed by atoms with Gasteiger partial charge in [0.25, 0.3) is 11.8 Å². The van der Waals surface area contributed by atoms with Gasteiger partial charge in [0.05, 0.1) is 5.69 Å². The fourth-order valence-corrected chi connectivity index (χ4v) is 4.11. The molecule has 0 heterocycles. The molecule has 4 aromatic carbocycles. The number of rotatable bonds is 12. The Morgan fingerprint density at radius 3 is 1.72 bits per heavy atom. The van der Waals surface area contributed by atoms with Crippen LogP contribution in [0.3, 0.4) is 0 Å². The first kappa shape index (κ1) is 30.5. The quantitative estimate of drug-likeness (QED) is 0.0947. The topological polar surface area (TPSA) is 141 Å². The molecular weight excluding hydrogens is 544 g/mol. The number of carbonyl (C=O) groups is 4. The third-order valence-corrected chi connectivity index (χ3v) is 6.44. The maximum Gasteiger partial charge on any atom is 0.258 e. The highest BCUT2D eigenvalue weighted by Gasteiger charge is 2.24. The van der Waals surface area contributed by atoms with Crippen LogP contribution < -0.4 is 21.5 Å². The van der Waals surface area contributed by atoms with Crippen molar-refractivity contribution in [3.8, 4) is 11.1 Å². The van der Waals surface area contributed by atoms with E-state index in [-0.39, 0.29) is 5.78 Å². The Morgan fingerprint density at radius 2 is 1.19 bits per heavy atom. The molecule has 0 aliphatic rings. The Balaban J connectivity index is 1.38. The molecule has 0 fully saturated rings. The molecule has 0 spiro atoms. The van der Waals surface area contributed by atoms with Crippen molar-refractivity contribution in [2.75, 3.05) is 16.1 Å². The van der Waals surface area contributed by atoms with Crippen LogP contribution >= 0.6 is 0 Å². The van der Waals surface area contributed by atoms with Crippen LogP contribution in [-0.2, 0) is 19.2 Å². The first-order chi connectivity index (χ1) is 20.7. The number of hydrogen-bond acceptors (Lipinski definition) is 8. The van der Waals surface area contributed by atoms with E-state index in [0.29, 0.717) is 22.7 Å². The van der Waals surface area contributed by atoms with E-state index in [1.54, 1.807) is 54.6 Å². The average molecular weight is 577 g/mol. The molecule has 0 aromatic heterocycles. The van der Waals surface area contributed by atoms with E-state index in [1.165, 1.54) is 13.8 Å². The molecule has 0 saturated carbocycles. The zero-order valence-electron chi connectivity index (χ0n) is 24.0. The predicted octanol–water partition coefficient (Wildman–Crippen LogP) is 5.85. The normalized spacial score (nSPS) is 12.3. The third-order valence-electron chi connectivity index (χ3n) is 6.44. The Morgan fingerprint density at radius 1 is 0.628 bits per heavy atom. The summed E-state index contributed by atoms with van der Waals surface area (Å²) in [6.45, 7) is 4.52. The van der Waals surface area contributed by atoms with Crippen molar-refractivity contribution < 1.29 is 19.2 Å². The summed E-state index contributed by atoms with van der Waals surface area (Å²) in [7, 11) is 0. The standard InChI is InChI=1S/C33H32N6O4/c1-21-20-25(16-19-29(21)37-39-31(23(3)41)33(43)35-27-12-8-5-9-13-27)24-14-17-28(18-15-24)36-38-30(22(2)40)32(42)34-26-10-6-4-7-11-26/h4-20,30-31,36,38H,1-3H3,(H,34,42)(H,35,43). The van der Waals surface area contributed by atoms with Crippen molar-refractivity contribution in [2.24, 2.45) is 10.2 Å². The van der Waals surface area contributed by atoms with Crippen LogP contribution in [0.5, 0.6) is 0 Å². The molecule has 10 nitrogen and oxygen atoms in total. The van der Waals surface area contributed by atoms with Crippen molar-refractivity contribution in [1.29, 1.82) is 0 Å². The molecule has 2 atom stereocenters. The number of nitrogens with one attached hydrogen (secondary N) is 4. The second-order valence-corrected chi connectivity index (χ2v) is 9.83. The Bertz CT molecular complexity index is 1620. The molecule has 43 heavy (non-hydrogen) atoms. The number of Topliss-reactive ketones (excluding diaryl/α,β-unsaturated/α-hetero) is 2. The number of azo groups is 1. The minimum Gasteiger partial charge on any atom is -0.324 e. The summed E-state index contributed by atoms with van der Waals surface area (Å²) in [6.07, 6.45) is 0. The van der Waals surface area contributed by atoms with Gasteiger partial charge in [0.15, 0.2) is 17.6 Å². The SMILES string of the molecule is CC(=O)C(N=Nc1ccc(-c2ccc(NNC(C(C)=O)C(=O)Nc3ccccc3)cc2)cc1C)C(=O)Nc1ccccc1. The van der Waals surface area contributed by atoms with Crippen LogP contribution in [0.25, 0.3) is 11.1 Å². The molecule has 4 rings (SSSR count). The molecule has 0 aliphatic heterocycles. The fourth-order valence-electron chi connectivity index (χ4n) is 4.11. The molecule has 2 amide bonds. The lowest BCUT2D eigenvalue weighted by molar-refractivity contribution is -0.128. The molecule has 0 saturated heterocycles. The number of aryl methyl sites for hydroxylation is 1. The number of benzene rings is 4. The monoisotopic (exact) mass is 576 g/mol. The van der Waals surface area contributed by atoms with Gasteiger partial charge in [0.2, 0.25) is 6.04 Å². The zero-order chi connectivity index (χ0) is 30.8. The van der Waals surface area contributed by atoms with Gasteiger partial charge in [-0.2, -0.15) is 10.2 Å². The van der Waals surface area contributed by atoms with E-state index < -0.39 is 29.7 Å². The Kier molecular flexibility index (Phi) is 10.2. The fraction of sp³-hybridized carbons (Fsp3) is 0.152. The molecule has 0 aliphatic carbocycles. The van der Waals surface area contributed by atoms with Gasteiger partial charge in [0.1, 0.15) is 0 Å². The molecule has 218 valence electrons. The van der Waals surface area contributed by atoms with Crippen LogP contribution in [-0.4, -0.2) is 35.5 Å². The summed E-state index contributed by atoms with van der Waals surface area (Å²) in [4.78, 5) is 49.5. The van der Waals surface area contributed by atoms with Crippen molar-refractivity contribution in [2.45, 2.75) is 32.9 Å². The average Bonchev–Trinajstić information content (AvgIpc) is 2.99. The number of hydrazine groups is 1. The first-order valence-electron chi connectivity index (χ1n) is 13.6. The van der Waals surface area contributed by atoms with Gasteiger partial charge in [-0.25, -0.2) is 5.43 Å². The molecule has 10 heteroatoms. The minimum absolute atomic E-state index is 0.336. The van der Waals surface area contributed by atoms with E-state index in [0.717, 1.165) is 16.7 Å². The number of nitrogens with zero attached hydrogens (tertiary/aromatic N) is 2. The van der Waals surface area contributed by atoms with Gasteiger partial charge in [-0.3, -0.25) is 19.2 Å². The van der Waals surface area contributed by atoms with E-state index in [2.05, 4.69) is 31.7 Å². The Hall–Kier alpha value is -5.48.